The predicted molar refractivity (Wildman–Crippen MR) is 50.4 cm³/mol. The Labute approximate surface area is 78.7 Å². The van der Waals surface area contributed by atoms with Crippen molar-refractivity contribution in [2.24, 2.45) is 17.1 Å². The molecule has 13 heavy (non-hydrogen) atoms. The fraction of sp³-hybridized carbons (Fsp3) is 0.889. The standard InChI is InChI=1S/C9H18N2O2/c1-7-3-11(4-8(12)13)6-9(7,2)5-10/h7H,3-6,10H2,1-2H3,(H,12,13). The molecule has 0 spiro atoms. The average Bonchev–Trinajstić information content (AvgIpc) is 2.27. The van der Waals surface area contributed by atoms with Crippen LogP contribution >= 0.6 is 0 Å². The largest absolute Gasteiger partial charge is 0.480 e. The molecule has 0 aromatic heterocycles. The molecule has 0 amide bonds. The van der Waals surface area contributed by atoms with Crippen LogP contribution < -0.4 is 5.73 Å². The van der Waals surface area contributed by atoms with Crippen LogP contribution in [0.5, 0.6) is 0 Å². The predicted octanol–water partition coefficient (Wildman–Crippen LogP) is -0.0123. The van der Waals surface area contributed by atoms with Crippen LogP contribution in [0.25, 0.3) is 0 Å². The number of rotatable bonds is 3. The van der Waals surface area contributed by atoms with Crippen LogP contribution in [0.15, 0.2) is 0 Å². The van der Waals surface area contributed by atoms with Gasteiger partial charge in [-0.2, -0.15) is 0 Å². The molecule has 0 saturated carbocycles. The van der Waals surface area contributed by atoms with Gasteiger partial charge in [0, 0.05) is 13.1 Å². The lowest BCUT2D eigenvalue weighted by molar-refractivity contribution is -0.138. The van der Waals surface area contributed by atoms with Gasteiger partial charge in [0.1, 0.15) is 0 Å². The number of carboxylic acids is 1. The van der Waals surface area contributed by atoms with E-state index in [9.17, 15) is 4.79 Å². The zero-order valence-corrected chi connectivity index (χ0v) is 8.29. The number of nitrogens with zero attached hydrogens (tertiary/aromatic N) is 1. The highest BCUT2D eigenvalue weighted by Crippen LogP contribution is 2.33. The van der Waals surface area contributed by atoms with Gasteiger partial charge in [0.05, 0.1) is 6.54 Å². The van der Waals surface area contributed by atoms with Crippen LogP contribution in [-0.2, 0) is 4.79 Å². The fourth-order valence-corrected chi connectivity index (χ4v) is 1.92. The molecular weight excluding hydrogens is 168 g/mol. The van der Waals surface area contributed by atoms with Gasteiger partial charge in [0.2, 0.25) is 0 Å². The highest BCUT2D eigenvalue weighted by molar-refractivity contribution is 5.69. The summed E-state index contributed by atoms with van der Waals surface area (Å²) in [7, 11) is 0. The molecule has 4 heteroatoms. The Balaban J connectivity index is 2.54. The van der Waals surface area contributed by atoms with Gasteiger partial charge in [-0.05, 0) is 17.9 Å². The van der Waals surface area contributed by atoms with Crippen LogP contribution in [0.1, 0.15) is 13.8 Å². The van der Waals surface area contributed by atoms with Crippen LogP contribution in [-0.4, -0.2) is 42.2 Å². The first-order valence-corrected chi connectivity index (χ1v) is 4.62. The molecule has 3 N–H and O–H groups in total. The van der Waals surface area contributed by atoms with Crippen LogP contribution in [0, 0.1) is 11.3 Å². The molecule has 1 heterocycles. The van der Waals surface area contributed by atoms with E-state index < -0.39 is 5.97 Å². The van der Waals surface area contributed by atoms with E-state index in [1.807, 2.05) is 4.90 Å². The van der Waals surface area contributed by atoms with E-state index >= 15 is 0 Å². The second kappa shape index (κ2) is 3.64. The number of hydrogen-bond donors (Lipinski definition) is 2. The SMILES string of the molecule is CC1CN(CC(=O)O)CC1(C)CN. The molecule has 76 valence electrons. The monoisotopic (exact) mass is 186 g/mol. The van der Waals surface area contributed by atoms with Crippen LogP contribution in [0.3, 0.4) is 0 Å². The molecule has 0 aromatic carbocycles. The van der Waals surface area contributed by atoms with E-state index in [2.05, 4.69) is 13.8 Å². The van der Waals surface area contributed by atoms with E-state index in [-0.39, 0.29) is 12.0 Å². The molecule has 1 fully saturated rings. The van der Waals surface area contributed by atoms with Gasteiger partial charge in [0.25, 0.3) is 0 Å². The summed E-state index contributed by atoms with van der Waals surface area (Å²) < 4.78 is 0. The maximum Gasteiger partial charge on any atom is 0.317 e. The van der Waals surface area contributed by atoms with Gasteiger partial charge in [0.15, 0.2) is 0 Å². The Bertz CT molecular complexity index is 208. The number of hydrogen-bond acceptors (Lipinski definition) is 3. The first-order valence-electron chi connectivity index (χ1n) is 4.62. The number of nitrogens with two attached hydrogens (primary N) is 1. The topological polar surface area (TPSA) is 66.6 Å². The number of carboxylic acid groups (broad SMARTS) is 1. The van der Waals surface area contributed by atoms with E-state index in [1.54, 1.807) is 0 Å². The Kier molecular flexibility index (Phi) is 2.93. The van der Waals surface area contributed by atoms with E-state index in [0.717, 1.165) is 13.1 Å². The smallest absolute Gasteiger partial charge is 0.317 e. The van der Waals surface area contributed by atoms with Crippen molar-refractivity contribution >= 4 is 5.97 Å². The van der Waals surface area contributed by atoms with Crippen molar-refractivity contribution < 1.29 is 9.90 Å². The lowest BCUT2D eigenvalue weighted by Crippen LogP contribution is -2.35. The third kappa shape index (κ3) is 2.19. The Hall–Kier alpha value is -0.610. The first-order chi connectivity index (χ1) is 5.98. The quantitative estimate of drug-likeness (QED) is 0.650. The molecule has 1 aliphatic rings. The van der Waals surface area contributed by atoms with Crippen molar-refractivity contribution in [3.63, 3.8) is 0 Å². The molecule has 1 saturated heterocycles. The number of carbonyl (C=O) groups is 1. The summed E-state index contributed by atoms with van der Waals surface area (Å²) in [6, 6.07) is 0. The fourth-order valence-electron chi connectivity index (χ4n) is 1.92. The molecule has 2 atom stereocenters. The van der Waals surface area contributed by atoms with Gasteiger partial charge in [-0.1, -0.05) is 13.8 Å². The lowest BCUT2D eigenvalue weighted by atomic mass is 9.81. The van der Waals surface area contributed by atoms with Crippen LogP contribution in [0.4, 0.5) is 0 Å². The molecular formula is C9H18N2O2. The zero-order chi connectivity index (χ0) is 10.1. The van der Waals surface area contributed by atoms with Gasteiger partial charge in [-0.3, -0.25) is 9.69 Å². The van der Waals surface area contributed by atoms with Gasteiger partial charge in [-0.25, -0.2) is 0 Å². The van der Waals surface area contributed by atoms with Gasteiger partial charge >= 0.3 is 5.97 Å². The maximum atomic E-state index is 10.5. The zero-order valence-electron chi connectivity index (χ0n) is 8.29. The van der Waals surface area contributed by atoms with Crippen LogP contribution in [0.2, 0.25) is 0 Å². The Morgan fingerprint density at radius 2 is 2.38 bits per heavy atom. The Morgan fingerprint density at radius 3 is 2.77 bits per heavy atom. The summed E-state index contributed by atoms with van der Waals surface area (Å²) in [5.74, 6) is -0.273. The summed E-state index contributed by atoms with van der Waals surface area (Å²) in [4.78, 5) is 12.4. The molecule has 0 aromatic rings. The van der Waals surface area contributed by atoms with E-state index in [0.29, 0.717) is 12.5 Å². The van der Waals surface area contributed by atoms with Crippen molar-refractivity contribution in [1.82, 2.24) is 4.90 Å². The highest BCUT2D eigenvalue weighted by Gasteiger charge is 2.39. The summed E-state index contributed by atoms with van der Waals surface area (Å²) >= 11 is 0. The maximum absolute atomic E-state index is 10.5. The summed E-state index contributed by atoms with van der Waals surface area (Å²) in [6.07, 6.45) is 0. The van der Waals surface area contributed by atoms with Crippen molar-refractivity contribution in [1.29, 1.82) is 0 Å². The molecule has 4 nitrogen and oxygen atoms in total. The summed E-state index contributed by atoms with van der Waals surface area (Å²) in [5.41, 5.74) is 5.77. The van der Waals surface area contributed by atoms with Crippen molar-refractivity contribution in [2.75, 3.05) is 26.2 Å². The average molecular weight is 186 g/mol. The van der Waals surface area contributed by atoms with Crippen molar-refractivity contribution in [3.8, 4) is 0 Å². The van der Waals surface area contributed by atoms with Crippen molar-refractivity contribution in [2.45, 2.75) is 13.8 Å². The first kappa shape index (κ1) is 10.5. The highest BCUT2D eigenvalue weighted by atomic mass is 16.4. The van der Waals surface area contributed by atoms with Gasteiger partial charge in [-0.15, -0.1) is 0 Å². The molecule has 0 bridgehead atoms. The second-order valence-electron chi connectivity index (χ2n) is 4.32. The summed E-state index contributed by atoms with van der Waals surface area (Å²) in [6.45, 7) is 6.68. The molecule has 1 aliphatic heterocycles. The minimum absolute atomic E-state index is 0.0927. The molecule has 0 radical (unpaired) electrons. The number of aliphatic carboxylic acids is 1. The second-order valence-corrected chi connectivity index (χ2v) is 4.32. The molecule has 1 rings (SSSR count). The van der Waals surface area contributed by atoms with Gasteiger partial charge < -0.3 is 10.8 Å². The minimum atomic E-state index is -0.756. The third-order valence-corrected chi connectivity index (χ3v) is 3.13. The van der Waals surface area contributed by atoms with E-state index in [1.165, 1.54) is 0 Å². The Morgan fingerprint density at radius 1 is 1.77 bits per heavy atom. The van der Waals surface area contributed by atoms with E-state index in [4.69, 9.17) is 10.8 Å². The summed E-state index contributed by atoms with van der Waals surface area (Å²) in [5, 5.41) is 8.63. The number of likely N-dealkylation sites (tertiary alicyclic amines) is 1. The molecule has 2 unspecified atom stereocenters. The third-order valence-electron chi connectivity index (χ3n) is 3.13. The molecule has 0 aliphatic carbocycles. The lowest BCUT2D eigenvalue weighted by Gasteiger charge is -2.26. The van der Waals surface area contributed by atoms with Crippen molar-refractivity contribution in [3.05, 3.63) is 0 Å². The minimum Gasteiger partial charge on any atom is -0.480 e. The normalized spacial score (nSPS) is 35.2.